The van der Waals surface area contributed by atoms with Crippen LogP contribution in [0, 0.1) is 0 Å². The molecule has 0 saturated carbocycles. The van der Waals surface area contributed by atoms with E-state index in [9.17, 15) is 0 Å². The van der Waals surface area contributed by atoms with Gasteiger partial charge in [-0.1, -0.05) is 41.1 Å². The molecule has 1 aromatic heterocycles. The van der Waals surface area contributed by atoms with E-state index in [1.807, 2.05) is 24.3 Å². The fraction of sp³-hybridized carbons (Fsp3) is 0.312. The summed E-state index contributed by atoms with van der Waals surface area (Å²) in [6.45, 7) is 4.51. The summed E-state index contributed by atoms with van der Waals surface area (Å²) in [7, 11) is 0. The highest BCUT2D eigenvalue weighted by molar-refractivity contribution is 9.10. The van der Waals surface area contributed by atoms with Gasteiger partial charge in [-0.25, -0.2) is 0 Å². The molecule has 0 aliphatic heterocycles. The van der Waals surface area contributed by atoms with Gasteiger partial charge in [0.25, 0.3) is 0 Å². The number of hydrogen-bond donors (Lipinski definition) is 1. The van der Waals surface area contributed by atoms with Crippen molar-refractivity contribution in [3.63, 3.8) is 0 Å². The van der Waals surface area contributed by atoms with Gasteiger partial charge in [-0.15, -0.1) is 0 Å². The summed E-state index contributed by atoms with van der Waals surface area (Å²) in [6, 6.07) is 10.1. The third-order valence-electron chi connectivity index (χ3n) is 2.95. The van der Waals surface area contributed by atoms with Crippen molar-refractivity contribution >= 4 is 15.9 Å². The molecule has 0 amide bonds. The largest absolute Gasteiger partial charge is 0.487 e. The number of aromatic nitrogens is 1. The summed E-state index contributed by atoms with van der Waals surface area (Å²) in [5, 5.41) is 3.38. The molecule has 0 aliphatic carbocycles. The Hall–Kier alpha value is -1.39. The summed E-state index contributed by atoms with van der Waals surface area (Å²) < 4.78 is 6.97. The van der Waals surface area contributed by atoms with Gasteiger partial charge in [0.05, 0.1) is 6.20 Å². The van der Waals surface area contributed by atoms with E-state index >= 15 is 0 Å². The smallest absolute Gasteiger partial charge is 0.142 e. The van der Waals surface area contributed by atoms with E-state index in [4.69, 9.17) is 4.74 Å². The average Bonchev–Trinajstić information content (AvgIpc) is 2.48. The van der Waals surface area contributed by atoms with Gasteiger partial charge in [0.15, 0.2) is 0 Å². The molecule has 0 fully saturated rings. The fourth-order valence-electron chi connectivity index (χ4n) is 1.86. The van der Waals surface area contributed by atoms with Crippen LogP contribution in [0.5, 0.6) is 5.75 Å². The van der Waals surface area contributed by atoms with Gasteiger partial charge in [0, 0.05) is 28.3 Å². The second-order valence-corrected chi connectivity index (χ2v) is 5.39. The third kappa shape index (κ3) is 4.32. The first-order valence-electron chi connectivity index (χ1n) is 6.81. The van der Waals surface area contributed by atoms with Gasteiger partial charge in [0.1, 0.15) is 12.4 Å². The van der Waals surface area contributed by atoms with E-state index in [2.05, 4.69) is 39.2 Å². The predicted molar refractivity (Wildman–Crippen MR) is 84.7 cm³/mol. The molecule has 1 aromatic carbocycles. The summed E-state index contributed by atoms with van der Waals surface area (Å²) in [6.07, 6.45) is 4.70. The molecule has 0 spiro atoms. The molecular weight excluding hydrogens is 316 g/mol. The molecule has 1 heterocycles. The van der Waals surface area contributed by atoms with Crippen molar-refractivity contribution in [2.24, 2.45) is 0 Å². The molecule has 0 unspecified atom stereocenters. The van der Waals surface area contributed by atoms with Crippen LogP contribution in [0.3, 0.4) is 0 Å². The minimum atomic E-state index is 0.536. The van der Waals surface area contributed by atoms with Gasteiger partial charge in [-0.2, -0.15) is 0 Å². The van der Waals surface area contributed by atoms with Crippen LogP contribution >= 0.6 is 15.9 Å². The van der Waals surface area contributed by atoms with Crippen molar-refractivity contribution in [3.05, 3.63) is 58.3 Å². The quantitative estimate of drug-likeness (QED) is 0.779. The Balaban J connectivity index is 2.00. The van der Waals surface area contributed by atoms with Crippen molar-refractivity contribution in [3.8, 4) is 5.75 Å². The molecule has 3 nitrogen and oxygen atoms in total. The van der Waals surface area contributed by atoms with Gasteiger partial charge in [0.2, 0.25) is 0 Å². The average molecular weight is 335 g/mol. The molecule has 0 saturated heterocycles. The zero-order valence-corrected chi connectivity index (χ0v) is 13.2. The van der Waals surface area contributed by atoms with Crippen LogP contribution in [0.4, 0.5) is 0 Å². The lowest BCUT2D eigenvalue weighted by Crippen LogP contribution is -2.14. The first-order valence-corrected chi connectivity index (χ1v) is 7.60. The highest BCUT2D eigenvalue weighted by Gasteiger charge is 2.05. The SMILES string of the molecule is CCCNCc1ccncc1OCc1ccccc1Br. The summed E-state index contributed by atoms with van der Waals surface area (Å²) >= 11 is 3.53. The number of benzene rings is 1. The maximum absolute atomic E-state index is 5.90. The third-order valence-corrected chi connectivity index (χ3v) is 3.73. The summed E-state index contributed by atoms with van der Waals surface area (Å²) in [5.74, 6) is 0.840. The minimum Gasteiger partial charge on any atom is -0.487 e. The summed E-state index contributed by atoms with van der Waals surface area (Å²) in [5.41, 5.74) is 2.27. The predicted octanol–water partition coefficient (Wildman–Crippen LogP) is 3.92. The molecule has 2 rings (SSSR count). The molecule has 2 aromatic rings. The van der Waals surface area contributed by atoms with Crippen LogP contribution < -0.4 is 10.1 Å². The van der Waals surface area contributed by atoms with Gasteiger partial charge in [-0.3, -0.25) is 4.98 Å². The second-order valence-electron chi connectivity index (χ2n) is 4.54. The van der Waals surface area contributed by atoms with Crippen LogP contribution in [0.1, 0.15) is 24.5 Å². The Kier molecular flexibility index (Phi) is 6.02. The van der Waals surface area contributed by atoms with E-state index in [0.717, 1.165) is 40.9 Å². The maximum Gasteiger partial charge on any atom is 0.142 e. The van der Waals surface area contributed by atoms with Crippen molar-refractivity contribution in [2.75, 3.05) is 6.54 Å². The normalized spacial score (nSPS) is 10.5. The van der Waals surface area contributed by atoms with Crippen LogP contribution in [0.25, 0.3) is 0 Å². The highest BCUT2D eigenvalue weighted by atomic mass is 79.9. The molecule has 4 heteroatoms. The van der Waals surface area contributed by atoms with E-state index in [1.165, 1.54) is 0 Å². The van der Waals surface area contributed by atoms with E-state index in [-0.39, 0.29) is 0 Å². The van der Waals surface area contributed by atoms with E-state index in [0.29, 0.717) is 6.61 Å². The lowest BCUT2D eigenvalue weighted by atomic mass is 10.2. The second kappa shape index (κ2) is 8.02. The Labute approximate surface area is 128 Å². The van der Waals surface area contributed by atoms with Crippen molar-refractivity contribution in [2.45, 2.75) is 26.5 Å². The Morgan fingerprint density at radius 1 is 1.20 bits per heavy atom. The van der Waals surface area contributed by atoms with Gasteiger partial charge < -0.3 is 10.1 Å². The number of ether oxygens (including phenoxy) is 1. The van der Waals surface area contributed by atoms with Gasteiger partial charge >= 0.3 is 0 Å². The van der Waals surface area contributed by atoms with E-state index < -0.39 is 0 Å². The fourth-order valence-corrected chi connectivity index (χ4v) is 2.25. The van der Waals surface area contributed by atoms with Crippen molar-refractivity contribution in [1.29, 1.82) is 0 Å². The zero-order valence-electron chi connectivity index (χ0n) is 11.6. The molecule has 0 atom stereocenters. The van der Waals surface area contributed by atoms with Crippen LogP contribution in [0.2, 0.25) is 0 Å². The Morgan fingerprint density at radius 3 is 2.85 bits per heavy atom. The number of nitrogens with one attached hydrogen (secondary N) is 1. The summed E-state index contributed by atoms with van der Waals surface area (Å²) in [4.78, 5) is 4.14. The lowest BCUT2D eigenvalue weighted by molar-refractivity contribution is 0.300. The zero-order chi connectivity index (χ0) is 14.2. The van der Waals surface area contributed by atoms with Crippen LogP contribution in [-0.4, -0.2) is 11.5 Å². The topological polar surface area (TPSA) is 34.2 Å². The Bertz CT molecular complexity index is 546. The lowest BCUT2D eigenvalue weighted by Gasteiger charge is -2.12. The van der Waals surface area contributed by atoms with Gasteiger partial charge in [-0.05, 0) is 25.1 Å². The molecule has 0 bridgehead atoms. The molecule has 0 aliphatic rings. The first kappa shape index (κ1) is 15.0. The molecule has 20 heavy (non-hydrogen) atoms. The Morgan fingerprint density at radius 2 is 2.05 bits per heavy atom. The monoisotopic (exact) mass is 334 g/mol. The number of pyridine rings is 1. The number of nitrogens with zero attached hydrogens (tertiary/aromatic N) is 1. The first-order chi connectivity index (χ1) is 9.81. The molecule has 1 N–H and O–H groups in total. The van der Waals surface area contributed by atoms with Crippen LogP contribution in [0.15, 0.2) is 47.2 Å². The van der Waals surface area contributed by atoms with Crippen LogP contribution in [-0.2, 0) is 13.2 Å². The minimum absolute atomic E-state index is 0.536. The maximum atomic E-state index is 5.90. The van der Waals surface area contributed by atoms with E-state index in [1.54, 1.807) is 12.4 Å². The van der Waals surface area contributed by atoms with Crippen molar-refractivity contribution in [1.82, 2.24) is 10.3 Å². The van der Waals surface area contributed by atoms with Crippen molar-refractivity contribution < 1.29 is 4.74 Å². The number of rotatable bonds is 7. The molecule has 106 valence electrons. The standard InChI is InChI=1S/C16H19BrN2O/c1-2-8-18-10-13-7-9-19-11-16(13)20-12-14-5-3-4-6-15(14)17/h3-7,9,11,18H,2,8,10,12H2,1H3. The number of halogens is 1. The molecular formula is C16H19BrN2O. The number of hydrogen-bond acceptors (Lipinski definition) is 3. The molecule has 0 radical (unpaired) electrons. The highest BCUT2D eigenvalue weighted by Crippen LogP contribution is 2.21.